The molecule has 4 nitrogen and oxygen atoms in total. The largest absolute Gasteiger partial charge is 0.481 e. The number of aliphatic carboxylic acids is 1. The molecule has 0 aromatic heterocycles. The van der Waals surface area contributed by atoms with Crippen LogP contribution >= 0.6 is 0 Å². The zero-order valence-corrected chi connectivity index (χ0v) is 12.0. The van der Waals surface area contributed by atoms with Gasteiger partial charge < -0.3 is 10.4 Å². The van der Waals surface area contributed by atoms with Gasteiger partial charge in [0, 0.05) is 23.0 Å². The lowest BCUT2D eigenvalue weighted by molar-refractivity contribution is -0.141. The van der Waals surface area contributed by atoms with Crippen LogP contribution in [0.4, 0.5) is 5.69 Å². The normalized spacial score (nSPS) is 11.8. The van der Waals surface area contributed by atoms with Crippen LogP contribution in [0.5, 0.6) is 0 Å². The second kappa shape index (κ2) is 6.76. The van der Waals surface area contributed by atoms with Crippen molar-refractivity contribution in [1.29, 1.82) is 5.26 Å². The van der Waals surface area contributed by atoms with Crippen molar-refractivity contribution in [2.24, 2.45) is 5.92 Å². The van der Waals surface area contributed by atoms with Gasteiger partial charge in [0.15, 0.2) is 0 Å². The quantitative estimate of drug-likeness (QED) is 0.848. The predicted octanol–water partition coefficient (Wildman–Crippen LogP) is 3.62. The summed E-state index contributed by atoms with van der Waals surface area (Å²) >= 11 is 0. The lowest BCUT2D eigenvalue weighted by atomic mass is 10.0. The Kier molecular flexibility index (Phi) is 4.78. The molecule has 2 aromatic rings. The van der Waals surface area contributed by atoms with Crippen LogP contribution in [0, 0.1) is 17.2 Å². The van der Waals surface area contributed by atoms with E-state index >= 15 is 0 Å². The van der Waals surface area contributed by atoms with Crippen LogP contribution in [0.15, 0.2) is 36.4 Å². The second-order valence-corrected chi connectivity index (χ2v) is 5.02. The molecule has 2 rings (SSSR count). The number of fused-ring (bicyclic) bond motifs is 1. The van der Waals surface area contributed by atoms with Crippen LogP contribution in [0.2, 0.25) is 0 Å². The van der Waals surface area contributed by atoms with E-state index in [-0.39, 0.29) is 0 Å². The van der Waals surface area contributed by atoms with Crippen molar-refractivity contribution in [1.82, 2.24) is 0 Å². The first-order valence-electron chi connectivity index (χ1n) is 7.06. The van der Waals surface area contributed by atoms with Crippen molar-refractivity contribution in [2.75, 3.05) is 11.9 Å². The maximum absolute atomic E-state index is 11.2. The van der Waals surface area contributed by atoms with Gasteiger partial charge in [-0.1, -0.05) is 37.6 Å². The number of nitrogens with zero attached hydrogens (tertiary/aromatic N) is 1. The van der Waals surface area contributed by atoms with Gasteiger partial charge in [-0.25, -0.2) is 0 Å². The third-order valence-electron chi connectivity index (χ3n) is 3.57. The highest BCUT2D eigenvalue weighted by atomic mass is 16.4. The molecular formula is C17H18N2O2. The van der Waals surface area contributed by atoms with Crippen molar-refractivity contribution < 1.29 is 9.90 Å². The highest BCUT2D eigenvalue weighted by Gasteiger charge is 2.16. The summed E-state index contributed by atoms with van der Waals surface area (Å²) in [5.74, 6) is -1.17. The van der Waals surface area contributed by atoms with E-state index in [4.69, 9.17) is 5.26 Å². The summed E-state index contributed by atoms with van der Waals surface area (Å²) in [6.07, 6.45) is 1.49. The molecule has 0 saturated carbocycles. The Morgan fingerprint density at radius 3 is 2.62 bits per heavy atom. The first kappa shape index (κ1) is 14.9. The Hall–Kier alpha value is -2.54. The molecule has 1 atom stereocenters. The minimum Gasteiger partial charge on any atom is -0.481 e. The Bertz CT molecular complexity index is 689. The molecule has 0 bridgehead atoms. The molecular weight excluding hydrogens is 264 g/mol. The number of benzene rings is 2. The number of nitrogens with one attached hydrogen (secondary N) is 1. The van der Waals surface area contributed by atoms with E-state index in [1.165, 1.54) is 0 Å². The monoisotopic (exact) mass is 282 g/mol. The fourth-order valence-electron chi connectivity index (χ4n) is 2.45. The summed E-state index contributed by atoms with van der Waals surface area (Å²) in [4.78, 5) is 11.2. The molecule has 2 aromatic carbocycles. The Balaban J connectivity index is 2.27. The van der Waals surface area contributed by atoms with Crippen molar-refractivity contribution in [3.05, 3.63) is 42.0 Å². The van der Waals surface area contributed by atoms with Gasteiger partial charge in [0.05, 0.1) is 17.6 Å². The molecule has 2 N–H and O–H groups in total. The maximum Gasteiger partial charge on any atom is 0.308 e. The molecule has 108 valence electrons. The third-order valence-corrected chi connectivity index (χ3v) is 3.57. The first-order valence-corrected chi connectivity index (χ1v) is 7.06. The first-order chi connectivity index (χ1) is 10.2. The minimum atomic E-state index is -0.776. The molecule has 4 heteroatoms. The van der Waals surface area contributed by atoms with E-state index in [9.17, 15) is 9.90 Å². The van der Waals surface area contributed by atoms with E-state index < -0.39 is 11.9 Å². The van der Waals surface area contributed by atoms with Crippen LogP contribution in [-0.2, 0) is 4.79 Å². The average Bonchev–Trinajstić information content (AvgIpc) is 2.50. The van der Waals surface area contributed by atoms with Gasteiger partial charge in [-0.15, -0.1) is 0 Å². The Morgan fingerprint density at radius 1 is 1.29 bits per heavy atom. The number of hydrogen-bond acceptors (Lipinski definition) is 3. The number of carbonyl (C=O) groups is 1. The van der Waals surface area contributed by atoms with Gasteiger partial charge in [0.2, 0.25) is 0 Å². The third kappa shape index (κ3) is 3.32. The zero-order chi connectivity index (χ0) is 15.2. The summed E-state index contributed by atoms with van der Waals surface area (Å²) < 4.78 is 0. The van der Waals surface area contributed by atoms with Crippen molar-refractivity contribution in [2.45, 2.75) is 19.8 Å². The van der Waals surface area contributed by atoms with Crippen LogP contribution in [0.1, 0.15) is 25.3 Å². The lowest BCUT2D eigenvalue weighted by Gasteiger charge is -2.15. The van der Waals surface area contributed by atoms with E-state index in [1.807, 2.05) is 37.3 Å². The molecule has 0 radical (unpaired) electrons. The van der Waals surface area contributed by atoms with E-state index in [0.717, 1.165) is 22.9 Å². The topological polar surface area (TPSA) is 73.1 Å². The fraction of sp³-hybridized carbons (Fsp3) is 0.294. The van der Waals surface area contributed by atoms with Gasteiger partial charge in [-0.3, -0.25) is 4.79 Å². The molecule has 21 heavy (non-hydrogen) atoms. The van der Waals surface area contributed by atoms with Crippen molar-refractivity contribution >= 4 is 22.4 Å². The smallest absolute Gasteiger partial charge is 0.308 e. The molecule has 0 saturated heterocycles. The molecule has 0 aliphatic carbocycles. The summed E-state index contributed by atoms with van der Waals surface area (Å²) in [6.45, 7) is 2.37. The van der Waals surface area contributed by atoms with E-state index in [1.54, 1.807) is 6.07 Å². The average molecular weight is 282 g/mol. The molecule has 0 fully saturated rings. The summed E-state index contributed by atoms with van der Waals surface area (Å²) in [7, 11) is 0. The van der Waals surface area contributed by atoms with Gasteiger partial charge in [0.25, 0.3) is 0 Å². The summed E-state index contributed by atoms with van der Waals surface area (Å²) in [6, 6.07) is 13.4. The van der Waals surface area contributed by atoms with Gasteiger partial charge in [0.1, 0.15) is 0 Å². The van der Waals surface area contributed by atoms with Crippen LogP contribution in [0.25, 0.3) is 10.8 Å². The zero-order valence-electron chi connectivity index (χ0n) is 12.0. The van der Waals surface area contributed by atoms with Crippen LogP contribution in [0.3, 0.4) is 0 Å². The molecule has 0 aliphatic rings. The number of carboxylic acid groups (broad SMARTS) is 1. The molecule has 0 heterocycles. The van der Waals surface area contributed by atoms with Crippen molar-refractivity contribution in [3.63, 3.8) is 0 Å². The van der Waals surface area contributed by atoms with E-state index in [0.29, 0.717) is 18.5 Å². The van der Waals surface area contributed by atoms with Crippen molar-refractivity contribution in [3.8, 4) is 6.07 Å². The fourth-order valence-corrected chi connectivity index (χ4v) is 2.45. The molecule has 0 aliphatic heterocycles. The van der Waals surface area contributed by atoms with Gasteiger partial charge >= 0.3 is 5.97 Å². The van der Waals surface area contributed by atoms with Crippen LogP contribution in [-0.4, -0.2) is 17.6 Å². The molecule has 0 spiro atoms. The number of hydrogen-bond donors (Lipinski definition) is 2. The van der Waals surface area contributed by atoms with E-state index in [2.05, 4.69) is 11.4 Å². The lowest BCUT2D eigenvalue weighted by Crippen LogP contribution is -2.22. The highest BCUT2D eigenvalue weighted by Crippen LogP contribution is 2.26. The standard InChI is InChI=1S/C17H18N2O2/c1-2-5-13(17(20)21)11-19-16-9-8-12(10-18)14-6-3-4-7-15(14)16/h3-4,6-9,13,19H,2,5,11H2,1H3,(H,20,21). The number of rotatable bonds is 6. The predicted molar refractivity (Wildman–Crippen MR) is 83.2 cm³/mol. The minimum absolute atomic E-state index is 0.388. The van der Waals surface area contributed by atoms with Gasteiger partial charge in [-0.05, 0) is 18.6 Å². The summed E-state index contributed by atoms with van der Waals surface area (Å²) in [5.41, 5.74) is 1.49. The number of anilines is 1. The number of carboxylic acids is 1. The van der Waals surface area contributed by atoms with Gasteiger partial charge in [-0.2, -0.15) is 5.26 Å². The number of nitriles is 1. The maximum atomic E-state index is 11.2. The second-order valence-electron chi connectivity index (χ2n) is 5.02. The Labute approximate surface area is 124 Å². The molecule has 0 amide bonds. The summed E-state index contributed by atoms with van der Waals surface area (Å²) in [5, 5.41) is 23.4. The SMILES string of the molecule is CCCC(CNc1ccc(C#N)c2ccccc12)C(=O)O. The molecule has 1 unspecified atom stereocenters. The van der Waals surface area contributed by atoms with Crippen LogP contribution < -0.4 is 5.32 Å². The highest BCUT2D eigenvalue weighted by molar-refractivity contribution is 5.97. The Morgan fingerprint density at radius 2 is 2.00 bits per heavy atom.